The van der Waals surface area contributed by atoms with E-state index >= 15 is 0 Å². The van der Waals surface area contributed by atoms with Crippen molar-refractivity contribution in [2.45, 2.75) is 25.0 Å². The predicted molar refractivity (Wildman–Crippen MR) is 83.6 cm³/mol. The van der Waals surface area contributed by atoms with Crippen molar-refractivity contribution in [1.82, 2.24) is 5.32 Å². The van der Waals surface area contributed by atoms with Crippen LogP contribution < -0.4 is 11.1 Å². The summed E-state index contributed by atoms with van der Waals surface area (Å²) in [6, 6.07) is 10.2. The lowest BCUT2D eigenvalue weighted by atomic mass is 9.92. The Morgan fingerprint density at radius 2 is 1.95 bits per heavy atom. The van der Waals surface area contributed by atoms with E-state index in [2.05, 4.69) is 5.32 Å². The highest BCUT2D eigenvalue weighted by Crippen LogP contribution is 2.41. The molecule has 1 aliphatic carbocycles. The number of nitrogens with one attached hydrogen (secondary N) is 1. The fourth-order valence-corrected chi connectivity index (χ4v) is 3.72. The molecule has 0 bridgehead atoms. The molecule has 0 aliphatic heterocycles. The topological polar surface area (TPSA) is 81.4 Å². The van der Waals surface area contributed by atoms with E-state index in [1.54, 1.807) is 24.3 Å². The summed E-state index contributed by atoms with van der Waals surface area (Å²) in [4.78, 5) is 24.2. The minimum Gasteiger partial charge on any atom is -0.453 e. The zero-order valence-corrected chi connectivity index (χ0v) is 12.6. The molecule has 114 valence electrons. The van der Waals surface area contributed by atoms with E-state index in [4.69, 9.17) is 10.5 Å². The summed E-state index contributed by atoms with van der Waals surface area (Å²) >= 11 is 1.53. The van der Waals surface area contributed by atoms with Crippen molar-refractivity contribution >= 4 is 23.3 Å². The van der Waals surface area contributed by atoms with Crippen LogP contribution in [0, 0.1) is 0 Å². The van der Waals surface area contributed by atoms with Gasteiger partial charge in [-0.2, -0.15) is 0 Å². The standard InChI is InChI=1S/C16H16N2O3S/c17-16(20)18-12-6-7-13(14-11(12)8-9-22-14)21-15(19)10-4-2-1-3-5-10/h1-5,8-9,12-13H,6-7H2,(H3,17,18,20). The number of fused-ring (bicyclic) bond motifs is 1. The van der Waals surface area contributed by atoms with Gasteiger partial charge in [-0.25, -0.2) is 9.59 Å². The molecule has 0 saturated carbocycles. The van der Waals surface area contributed by atoms with Crippen LogP contribution in [-0.2, 0) is 4.74 Å². The third kappa shape index (κ3) is 2.96. The quantitative estimate of drug-likeness (QED) is 0.853. The van der Waals surface area contributed by atoms with Crippen LogP contribution in [-0.4, -0.2) is 12.0 Å². The number of ether oxygens (including phenoxy) is 1. The zero-order valence-electron chi connectivity index (χ0n) is 11.8. The molecular weight excluding hydrogens is 300 g/mol. The third-order valence-corrected chi connectivity index (χ3v) is 4.71. The number of urea groups is 1. The molecule has 22 heavy (non-hydrogen) atoms. The summed E-state index contributed by atoms with van der Waals surface area (Å²) in [6.45, 7) is 0. The molecule has 0 saturated heterocycles. The highest BCUT2D eigenvalue weighted by Gasteiger charge is 2.31. The molecule has 1 heterocycles. The van der Waals surface area contributed by atoms with Gasteiger partial charge in [-0.3, -0.25) is 0 Å². The second-order valence-corrected chi connectivity index (χ2v) is 6.09. The number of carbonyl (C=O) groups excluding carboxylic acids is 2. The number of rotatable bonds is 3. The van der Waals surface area contributed by atoms with E-state index in [-0.39, 0.29) is 18.1 Å². The van der Waals surface area contributed by atoms with E-state index in [0.29, 0.717) is 18.4 Å². The van der Waals surface area contributed by atoms with Crippen LogP contribution in [0.25, 0.3) is 0 Å². The molecule has 1 aliphatic rings. The molecule has 3 N–H and O–H groups in total. The van der Waals surface area contributed by atoms with Crippen LogP contribution in [0.15, 0.2) is 41.8 Å². The van der Waals surface area contributed by atoms with Crippen LogP contribution >= 0.6 is 11.3 Å². The van der Waals surface area contributed by atoms with Crippen molar-refractivity contribution in [3.8, 4) is 0 Å². The fraction of sp³-hybridized carbons (Fsp3) is 0.250. The van der Waals surface area contributed by atoms with Crippen molar-refractivity contribution in [3.05, 3.63) is 57.8 Å². The van der Waals surface area contributed by atoms with Gasteiger partial charge in [0.25, 0.3) is 0 Å². The maximum absolute atomic E-state index is 12.2. The van der Waals surface area contributed by atoms with Crippen LogP contribution in [0.4, 0.5) is 4.79 Å². The van der Waals surface area contributed by atoms with Crippen molar-refractivity contribution in [1.29, 1.82) is 0 Å². The van der Waals surface area contributed by atoms with E-state index in [9.17, 15) is 9.59 Å². The summed E-state index contributed by atoms with van der Waals surface area (Å²) in [5.74, 6) is -0.328. The highest BCUT2D eigenvalue weighted by molar-refractivity contribution is 7.10. The lowest BCUT2D eigenvalue weighted by molar-refractivity contribution is 0.0253. The summed E-state index contributed by atoms with van der Waals surface area (Å²) in [7, 11) is 0. The molecule has 6 heteroatoms. The smallest absolute Gasteiger partial charge is 0.338 e. The summed E-state index contributed by atoms with van der Waals surface area (Å²) < 4.78 is 5.64. The van der Waals surface area contributed by atoms with Gasteiger partial charge in [0.15, 0.2) is 0 Å². The van der Waals surface area contributed by atoms with Gasteiger partial charge in [0.2, 0.25) is 0 Å². The summed E-state index contributed by atoms with van der Waals surface area (Å²) in [5, 5.41) is 4.67. The van der Waals surface area contributed by atoms with Crippen molar-refractivity contribution in [3.63, 3.8) is 0 Å². The van der Waals surface area contributed by atoms with E-state index in [0.717, 1.165) is 10.4 Å². The molecule has 1 aromatic carbocycles. The second-order valence-electron chi connectivity index (χ2n) is 5.14. The average Bonchev–Trinajstić information content (AvgIpc) is 3.00. The van der Waals surface area contributed by atoms with Crippen molar-refractivity contribution in [2.75, 3.05) is 0 Å². The Morgan fingerprint density at radius 3 is 2.68 bits per heavy atom. The van der Waals surface area contributed by atoms with E-state index in [1.165, 1.54) is 11.3 Å². The summed E-state index contributed by atoms with van der Waals surface area (Å²) in [6.07, 6.45) is 1.09. The molecule has 5 nitrogen and oxygen atoms in total. The number of benzene rings is 1. The first-order valence-electron chi connectivity index (χ1n) is 7.04. The number of esters is 1. The number of hydrogen-bond acceptors (Lipinski definition) is 4. The monoisotopic (exact) mass is 316 g/mol. The molecule has 0 spiro atoms. The molecule has 1 aromatic heterocycles. The van der Waals surface area contributed by atoms with Gasteiger partial charge in [0.1, 0.15) is 6.10 Å². The summed E-state index contributed by atoms with van der Waals surface area (Å²) in [5.41, 5.74) is 6.74. The fourth-order valence-electron chi connectivity index (χ4n) is 2.69. The van der Waals surface area contributed by atoms with Crippen LogP contribution in [0.2, 0.25) is 0 Å². The number of nitrogens with two attached hydrogens (primary N) is 1. The number of thiophene rings is 1. The molecule has 2 amide bonds. The normalized spacial score (nSPS) is 20.0. The number of amides is 2. The van der Waals surface area contributed by atoms with Gasteiger partial charge in [-0.1, -0.05) is 18.2 Å². The molecule has 2 unspecified atom stereocenters. The second kappa shape index (κ2) is 6.19. The minimum absolute atomic E-state index is 0.106. The Hall–Kier alpha value is -2.34. The van der Waals surface area contributed by atoms with Crippen molar-refractivity contribution in [2.24, 2.45) is 5.73 Å². The molecule has 0 fully saturated rings. The first-order valence-corrected chi connectivity index (χ1v) is 7.92. The maximum Gasteiger partial charge on any atom is 0.338 e. The SMILES string of the molecule is NC(=O)NC1CCC(OC(=O)c2ccccc2)c2sccc21. The third-order valence-electron chi connectivity index (χ3n) is 3.69. The number of carbonyl (C=O) groups is 2. The largest absolute Gasteiger partial charge is 0.453 e. The maximum atomic E-state index is 12.2. The first kappa shape index (κ1) is 14.6. The average molecular weight is 316 g/mol. The van der Waals surface area contributed by atoms with Crippen LogP contribution in [0.5, 0.6) is 0 Å². The van der Waals surface area contributed by atoms with Gasteiger partial charge < -0.3 is 15.8 Å². The van der Waals surface area contributed by atoms with Gasteiger partial charge in [0.05, 0.1) is 16.5 Å². The van der Waals surface area contributed by atoms with Crippen LogP contribution in [0.3, 0.4) is 0 Å². The van der Waals surface area contributed by atoms with Gasteiger partial charge in [-0.05, 0) is 42.0 Å². The lowest BCUT2D eigenvalue weighted by Gasteiger charge is -2.28. The van der Waals surface area contributed by atoms with E-state index in [1.807, 2.05) is 17.5 Å². The van der Waals surface area contributed by atoms with Gasteiger partial charge in [-0.15, -0.1) is 11.3 Å². The Kier molecular flexibility index (Phi) is 4.11. The molecule has 0 radical (unpaired) electrons. The molecule has 3 rings (SSSR count). The lowest BCUT2D eigenvalue weighted by Crippen LogP contribution is -2.35. The number of primary amides is 1. The first-order chi connectivity index (χ1) is 10.6. The molecule has 2 atom stereocenters. The molecule has 2 aromatic rings. The number of hydrogen-bond donors (Lipinski definition) is 2. The van der Waals surface area contributed by atoms with Crippen molar-refractivity contribution < 1.29 is 14.3 Å². The zero-order chi connectivity index (χ0) is 15.5. The van der Waals surface area contributed by atoms with Gasteiger partial charge in [0, 0.05) is 0 Å². The Labute approximate surface area is 132 Å². The van der Waals surface area contributed by atoms with E-state index < -0.39 is 6.03 Å². The van der Waals surface area contributed by atoms with Crippen LogP contribution in [0.1, 0.15) is 45.8 Å². The van der Waals surface area contributed by atoms with Gasteiger partial charge >= 0.3 is 12.0 Å². The molecular formula is C16H16N2O3S. The Balaban J connectivity index is 1.76. The highest BCUT2D eigenvalue weighted by atomic mass is 32.1. The Morgan fingerprint density at radius 1 is 1.18 bits per heavy atom. The predicted octanol–water partition coefficient (Wildman–Crippen LogP) is 3.15. The minimum atomic E-state index is -0.540. The Bertz CT molecular complexity index is 684.